The zero-order chi connectivity index (χ0) is 17.8. The first kappa shape index (κ1) is 17.5. The highest BCUT2D eigenvalue weighted by atomic mass is 32.2. The third-order valence-corrected chi connectivity index (χ3v) is 5.31. The number of rotatable bonds is 6. The summed E-state index contributed by atoms with van der Waals surface area (Å²) < 4.78 is 26.7. The maximum absolute atomic E-state index is 13.6. The number of nitrogens with zero attached hydrogens (tertiary/aromatic N) is 3. The standard InChI is InChI=1S/C19H20FN3O2S/c20-14-8-9-17-21-22-19(23(17)13-14)15-5-1-2-6-16(15)26-12-11-25-18-7-3-4-10-24-18/h1-2,5-6,8-9,13,18H,3-4,7,10-12H2. The molecule has 1 aliphatic rings. The summed E-state index contributed by atoms with van der Waals surface area (Å²) in [4.78, 5) is 1.07. The Morgan fingerprint density at radius 2 is 2.12 bits per heavy atom. The van der Waals surface area contributed by atoms with E-state index in [1.165, 1.54) is 12.3 Å². The molecular weight excluding hydrogens is 353 g/mol. The summed E-state index contributed by atoms with van der Waals surface area (Å²) in [5.41, 5.74) is 1.56. The summed E-state index contributed by atoms with van der Waals surface area (Å²) in [5, 5.41) is 8.38. The van der Waals surface area contributed by atoms with Crippen LogP contribution in [0.1, 0.15) is 19.3 Å². The van der Waals surface area contributed by atoms with Crippen molar-refractivity contribution in [3.05, 3.63) is 48.4 Å². The molecule has 0 saturated carbocycles. The fourth-order valence-electron chi connectivity index (χ4n) is 3.00. The Labute approximate surface area is 155 Å². The Kier molecular flexibility index (Phi) is 5.48. The number of aromatic nitrogens is 3. The zero-order valence-corrected chi connectivity index (χ0v) is 15.1. The van der Waals surface area contributed by atoms with Crippen LogP contribution in [0.15, 0.2) is 47.5 Å². The van der Waals surface area contributed by atoms with Crippen LogP contribution in [-0.4, -0.2) is 39.9 Å². The summed E-state index contributed by atoms with van der Waals surface area (Å²) >= 11 is 1.69. The molecule has 136 valence electrons. The number of hydrogen-bond donors (Lipinski definition) is 0. The molecule has 1 aliphatic heterocycles. The molecule has 0 amide bonds. The van der Waals surface area contributed by atoms with Gasteiger partial charge in [0.05, 0.1) is 6.61 Å². The lowest BCUT2D eigenvalue weighted by molar-refractivity contribution is -0.158. The minimum absolute atomic E-state index is 0.0667. The van der Waals surface area contributed by atoms with Crippen molar-refractivity contribution in [2.75, 3.05) is 19.0 Å². The lowest BCUT2D eigenvalue weighted by atomic mass is 10.2. The molecule has 1 atom stereocenters. The van der Waals surface area contributed by atoms with Crippen molar-refractivity contribution in [3.63, 3.8) is 0 Å². The molecule has 2 aromatic heterocycles. The molecule has 0 radical (unpaired) electrons. The Morgan fingerprint density at radius 1 is 1.19 bits per heavy atom. The van der Waals surface area contributed by atoms with Crippen LogP contribution < -0.4 is 0 Å². The molecule has 5 nitrogen and oxygen atoms in total. The SMILES string of the molecule is Fc1ccc2nnc(-c3ccccc3SCCOC3CCCCO3)n2c1. The van der Waals surface area contributed by atoms with Gasteiger partial charge in [0.15, 0.2) is 17.8 Å². The molecule has 0 bridgehead atoms. The van der Waals surface area contributed by atoms with Crippen LogP contribution in [0.4, 0.5) is 4.39 Å². The van der Waals surface area contributed by atoms with Crippen LogP contribution in [0, 0.1) is 5.82 Å². The van der Waals surface area contributed by atoms with Gasteiger partial charge in [-0.05, 0) is 37.5 Å². The van der Waals surface area contributed by atoms with Crippen molar-refractivity contribution in [1.82, 2.24) is 14.6 Å². The molecule has 1 saturated heterocycles. The van der Waals surface area contributed by atoms with E-state index in [-0.39, 0.29) is 12.1 Å². The van der Waals surface area contributed by atoms with Crippen LogP contribution >= 0.6 is 11.8 Å². The van der Waals surface area contributed by atoms with E-state index < -0.39 is 0 Å². The van der Waals surface area contributed by atoms with Crippen molar-refractivity contribution < 1.29 is 13.9 Å². The van der Waals surface area contributed by atoms with Gasteiger partial charge in [0.25, 0.3) is 0 Å². The fourth-order valence-corrected chi connectivity index (χ4v) is 3.89. The Bertz CT molecular complexity index is 880. The molecule has 3 aromatic rings. The largest absolute Gasteiger partial charge is 0.353 e. The Hall–Kier alpha value is -1.96. The van der Waals surface area contributed by atoms with Crippen LogP contribution in [0.25, 0.3) is 17.0 Å². The number of halogens is 1. The highest BCUT2D eigenvalue weighted by Gasteiger charge is 2.15. The van der Waals surface area contributed by atoms with Gasteiger partial charge in [0, 0.05) is 29.0 Å². The van der Waals surface area contributed by atoms with Gasteiger partial charge in [-0.1, -0.05) is 18.2 Å². The third kappa shape index (κ3) is 3.90. The molecule has 3 heterocycles. The second kappa shape index (κ2) is 8.16. The predicted octanol–water partition coefficient (Wildman–Crippen LogP) is 4.17. The van der Waals surface area contributed by atoms with Crippen LogP contribution in [0.5, 0.6) is 0 Å². The van der Waals surface area contributed by atoms with Gasteiger partial charge in [-0.3, -0.25) is 4.40 Å². The van der Waals surface area contributed by atoms with Crippen LogP contribution in [0.2, 0.25) is 0 Å². The lowest BCUT2D eigenvalue weighted by Crippen LogP contribution is -2.23. The summed E-state index contributed by atoms with van der Waals surface area (Å²) in [7, 11) is 0. The number of benzene rings is 1. The number of fused-ring (bicyclic) bond motifs is 1. The minimum atomic E-state index is -0.315. The normalized spacial score (nSPS) is 17.7. The summed E-state index contributed by atoms with van der Waals surface area (Å²) in [6.07, 6.45) is 4.60. The van der Waals surface area contributed by atoms with E-state index in [9.17, 15) is 4.39 Å². The second-order valence-corrected chi connectivity index (χ2v) is 7.25. The van der Waals surface area contributed by atoms with Gasteiger partial charge in [0.2, 0.25) is 0 Å². The van der Waals surface area contributed by atoms with E-state index in [4.69, 9.17) is 9.47 Å². The van der Waals surface area contributed by atoms with Crippen molar-refractivity contribution in [2.24, 2.45) is 0 Å². The number of hydrogen-bond acceptors (Lipinski definition) is 5. The molecule has 0 spiro atoms. The van der Waals surface area contributed by atoms with Crippen LogP contribution in [0.3, 0.4) is 0 Å². The van der Waals surface area contributed by atoms with Gasteiger partial charge in [-0.2, -0.15) is 0 Å². The molecule has 1 fully saturated rings. The van der Waals surface area contributed by atoms with E-state index >= 15 is 0 Å². The number of ether oxygens (including phenoxy) is 2. The van der Waals surface area contributed by atoms with Crippen LogP contribution in [-0.2, 0) is 9.47 Å². The van der Waals surface area contributed by atoms with Gasteiger partial charge in [0.1, 0.15) is 5.82 Å². The number of pyridine rings is 1. The van der Waals surface area contributed by atoms with E-state index in [0.717, 1.165) is 42.1 Å². The molecule has 1 aromatic carbocycles. The van der Waals surface area contributed by atoms with E-state index in [1.54, 1.807) is 22.2 Å². The topological polar surface area (TPSA) is 48.7 Å². The highest BCUT2D eigenvalue weighted by Crippen LogP contribution is 2.30. The monoisotopic (exact) mass is 373 g/mol. The average Bonchev–Trinajstić information content (AvgIpc) is 3.09. The first-order chi connectivity index (χ1) is 12.8. The zero-order valence-electron chi connectivity index (χ0n) is 14.3. The fraction of sp³-hybridized carbons (Fsp3) is 0.368. The molecule has 26 heavy (non-hydrogen) atoms. The number of thioether (sulfide) groups is 1. The quantitative estimate of drug-likeness (QED) is 0.479. The summed E-state index contributed by atoms with van der Waals surface area (Å²) in [6, 6.07) is 11.0. The van der Waals surface area contributed by atoms with Crippen molar-refractivity contribution >= 4 is 17.4 Å². The van der Waals surface area contributed by atoms with E-state index in [1.807, 2.05) is 24.3 Å². The highest BCUT2D eigenvalue weighted by molar-refractivity contribution is 7.99. The summed E-state index contributed by atoms with van der Waals surface area (Å²) in [6.45, 7) is 1.41. The molecule has 7 heteroatoms. The first-order valence-corrected chi connectivity index (χ1v) is 9.75. The van der Waals surface area contributed by atoms with Gasteiger partial charge in [-0.25, -0.2) is 4.39 Å². The smallest absolute Gasteiger partial charge is 0.169 e. The van der Waals surface area contributed by atoms with Crippen molar-refractivity contribution in [1.29, 1.82) is 0 Å². The van der Waals surface area contributed by atoms with Gasteiger partial charge in [-0.15, -0.1) is 22.0 Å². The summed E-state index contributed by atoms with van der Waals surface area (Å²) in [5.74, 6) is 1.13. The third-order valence-electron chi connectivity index (χ3n) is 4.28. The van der Waals surface area contributed by atoms with Crippen molar-refractivity contribution in [3.8, 4) is 11.4 Å². The first-order valence-electron chi connectivity index (χ1n) is 8.77. The van der Waals surface area contributed by atoms with E-state index in [0.29, 0.717) is 18.1 Å². The average molecular weight is 373 g/mol. The van der Waals surface area contributed by atoms with Gasteiger partial charge >= 0.3 is 0 Å². The second-order valence-electron chi connectivity index (χ2n) is 6.11. The predicted molar refractivity (Wildman–Crippen MR) is 98.6 cm³/mol. The lowest BCUT2D eigenvalue weighted by Gasteiger charge is -2.22. The maximum Gasteiger partial charge on any atom is 0.169 e. The molecule has 4 rings (SSSR count). The van der Waals surface area contributed by atoms with Gasteiger partial charge < -0.3 is 9.47 Å². The molecule has 0 aliphatic carbocycles. The van der Waals surface area contributed by atoms with Crippen molar-refractivity contribution in [2.45, 2.75) is 30.4 Å². The molecule has 1 unspecified atom stereocenters. The molecular formula is C19H20FN3O2S. The minimum Gasteiger partial charge on any atom is -0.353 e. The van der Waals surface area contributed by atoms with E-state index in [2.05, 4.69) is 10.2 Å². The Morgan fingerprint density at radius 3 is 3.00 bits per heavy atom. The Balaban J connectivity index is 1.47. The maximum atomic E-state index is 13.6. The molecule has 0 N–H and O–H groups in total.